The number of rotatable bonds is 2. The number of hydrogen-bond donors (Lipinski definition) is 1. The van der Waals surface area contributed by atoms with Gasteiger partial charge in [-0.25, -0.2) is 9.97 Å². The SMILES string of the molecule is Cc1ccc2[nH]c(CC3CCCO3)nc2n1. The van der Waals surface area contributed by atoms with Gasteiger partial charge in [0.1, 0.15) is 5.82 Å². The number of H-pyrrole nitrogens is 1. The summed E-state index contributed by atoms with van der Waals surface area (Å²) in [4.78, 5) is 12.2. The first-order valence-corrected chi connectivity index (χ1v) is 5.75. The lowest BCUT2D eigenvalue weighted by atomic mass is 10.2. The molecule has 1 saturated heterocycles. The van der Waals surface area contributed by atoms with Crippen molar-refractivity contribution >= 4 is 11.2 Å². The van der Waals surface area contributed by atoms with Crippen molar-refractivity contribution in [2.24, 2.45) is 0 Å². The number of pyridine rings is 1. The third kappa shape index (κ3) is 1.80. The Kier molecular flexibility index (Phi) is 2.36. The van der Waals surface area contributed by atoms with Gasteiger partial charge in [-0.05, 0) is 31.9 Å². The molecule has 0 bridgehead atoms. The summed E-state index contributed by atoms with van der Waals surface area (Å²) in [6, 6.07) is 4.03. The molecule has 1 unspecified atom stereocenters. The minimum Gasteiger partial charge on any atom is -0.378 e. The second-order valence-corrected chi connectivity index (χ2v) is 4.35. The summed E-state index contributed by atoms with van der Waals surface area (Å²) in [7, 11) is 0. The van der Waals surface area contributed by atoms with E-state index < -0.39 is 0 Å². The first-order chi connectivity index (χ1) is 7.81. The molecule has 1 fully saturated rings. The summed E-state index contributed by atoms with van der Waals surface area (Å²) in [5.41, 5.74) is 2.83. The standard InChI is InChI=1S/C12H15N3O/c1-8-4-5-10-12(13-8)15-11(14-10)7-9-3-2-6-16-9/h4-5,9H,2-3,6-7H2,1H3,(H,13,14,15). The van der Waals surface area contributed by atoms with Gasteiger partial charge in [0.15, 0.2) is 5.65 Å². The maximum absolute atomic E-state index is 5.60. The van der Waals surface area contributed by atoms with E-state index in [2.05, 4.69) is 15.0 Å². The number of aryl methyl sites for hydroxylation is 1. The molecule has 0 radical (unpaired) electrons. The van der Waals surface area contributed by atoms with Crippen molar-refractivity contribution in [1.82, 2.24) is 15.0 Å². The van der Waals surface area contributed by atoms with Crippen molar-refractivity contribution in [2.75, 3.05) is 6.61 Å². The van der Waals surface area contributed by atoms with Crippen molar-refractivity contribution in [2.45, 2.75) is 32.3 Å². The second kappa shape index (κ2) is 3.87. The van der Waals surface area contributed by atoms with E-state index >= 15 is 0 Å². The van der Waals surface area contributed by atoms with E-state index in [4.69, 9.17) is 4.74 Å². The highest BCUT2D eigenvalue weighted by Crippen LogP contribution is 2.17. The Balaban J connectivity index is 1.86. The quantitative estimate of drug-likeness (QED) is 0.836. The van der Waals surface area contributed by atoms with E-state index in [9.17, 15) is 0 Å². The van der Waals surface area contributed by atoms with Gasteiger partial charge < -0.3 is 9.72 Å². The summed E-state index contributed by atoms with van der Waals surface area (Å²) >= 11 is 0. The Hall–Kier alpha value is -1.42. The first-order valence-electron chi connectivity index (χ1n) is 5.75. The Morgan fingerprint density at radius 1 is 1.44 bits per heavy atom. The Morgan fingerprint density at radius 3 is 3.19 bits per heavy atom. The molecule has 0 saturated carbocycles. The number of nitrogens with zero attached hydrogens (tertiary/aromatic N) is 2. The van der Waals surface area contributed by atoms with Crippen LogP contribution >= 0.6 is 0 Å². The van der Waals surface area contributed by atoms with Crippen LogP contribution in [0, 0.1) is 6.92 Å². The van der Waals surface area contributed by atoms with E-state index in [-0.39, 0.29) is 0 Å². The fourth-order valence-corrected chi connectivity index (χ4v) is 2.15. The number of aromatic amines is 1. The molecule has 0 aliphatic carbocycles. The molecule has 1 N–H and O–H groups in total. The molecule has 0 aromatic carbocycles. The Morgan fingerprint density at radius 2 is 2.38 bits per heavy atom. The summed E-state index contributed by atoms with van der Waals surface area (Å²) in [5.74, 6) is 0.986. The molecule has 2 aromatic rings. The maximum atomic E-state index is 5.60. The third-order valence-electron chi connectivity index (χ3n) is 2.98. The highest BCUT2D eigenvalue weighted by atomic mass is 16.5. The van der Waals surface area contributed by atoms with Gasteiger partial charge >= 0.3 is 0 Å². The van der Waals surface area contributed by atoms with Crippen LogP contribution in [-0.4, -0.2) is 27.7 Å². The molecule has 4 heteroatoms. The van der Waals surface area contributed by atoms with Crippen LogP contribution in [0.15, 0.2) is 12.1 Å². The number of imidazole rings is 1. The van der Waals surface area contributed by atoms with Crippen LogP contribution in [-0.2, 0) is 11.2 Å². The van der Waals surface area contributed by atoms with Crippen molar-refractivity contribution < 1.29 is 4.74 Å². The maximum Gasteiger partial charge on any atom is 0.177 e. The first kappa shape index (κ1) is 9.78. The molecule has 0 spiro atoms. The number of fused-ring (bicyclic) bond motifs is 1. The van der Waals surface area contributed by atoms with Crippen LogP contribution in [0.1, 0.15) is 24.4 Å². The van der Waals surface area contributed by atoms with Crippen LogP contribution in [0.5, 0.6) is 0 Å². The Labute approximate surface area is 94.1 Å². The van der Waals surface area contributed by atoms with Gasteiger partial charge in [0.05, 0.1) is 11.6 Å². The van der Waals surface area contributed by atoms with E-state index in [0.717, 1.165) is 42.1 Å². The minimum atomic E-state index is 0.335. The number of hydrogen-bond acceptors (Lipinski definition) is 3. The Bertz CT molecular complexity index is 500. The van der Waals surface area contributed by atoms with Crippen LogP contribution in [0.25, 0.3) is 11.2 Å². The molecule has 2 aromatic heterocycles. The van der Waals surface area contributed by atoms with E-state index in [1.165, 1.54) is 6.42 Å². The van der Waals surface area contributed by atoms with Crippen molar-refractivity contribution in [1.29, 1.82) is 0 Å². The van der Waals surface area contributed by atoms with Gasteiger partial charge in [-0.1, -0.05) is 0 Å². The van der Waals surface area contributed by atoms with Crippen LogP contribution in [0.3, 0.4) is 0 Å². The fourth-order valence-electron chi connectivity index (χ4n) is 2.15. The van der Waals surface area contributed by atoms with Gasteiger partial charge in [-0.2, -0.15) is 0 Å². The minimum absolute atomic E-state index is 0.335. The van der Waals surface area contributed by atoms with E-state index in [0.29, 0.717) is 6.10 Å². The largest absolute Gasteiger partial charge is 0.378 e. The van der Waals surface area contributed by atoms with Crippen molar-refractivity contribution in [3.8, 4) is 0 Å². The zero-order chi connectivity index (χ0) is 11.0. The van der Waals surface area contributed by atoms with Crippen LogP contribution in [0.4, 0.5) is 0 Å². The highest BCUT2D eigenvalue weighted by molar-refractivity contribution is 5.70. The van der Waals surface area contributed by atoms with Gasteiger partial charge in [-0.15, -0.1) is 0 Å². The van der Waals surface area contributed by atoms with E-state index in [1.54, 1.807) is 0 Å². The third-order valence-corrected chi connectivity index (χ3v) is 2.98. The molecule has 16 heavy (non-hydrogen) atoms. The summed E-state index contributed by atoms with van der Waals surface area (Å²) < 4.78 is 5.60. The highest BCUT2D eigenvalue weighted by Gasteiger charge is 2.17. The average Bonchev–Trinajstić information content (AvgIpc) is 2.86. The molecule has 84 valence electrons. The monoisotopic (exact) mass is 217 g/mol. The average molecular weight is 217 g/mol. The number of aromatic nitrogens is 3. The lowest BCUT2D eigenvalue weighted by Gasteiger charge is -2.05. The second-order valence-electron chi connectivity index (χ2n) is 4.35. The van der Waals surface area contributed by atoms with Gasteiger partial charge in [0.2, 0.25) is 0 Å². The molecule has 1 aliphatic heterocycles. The van der Waals surface area contributed by atoms with Crippen LogP contribution < -0.4 is 0 Å². The molecule has 1 atom stereocenters. The van der Waals surface area contributed by atoms with Crippen molar-refractivity contribution in [3.05, 3.63) is 23.7 Å². The predicted molar refractivity (Wildman–Crippen MR) is 61.3 cm³/mol. The molecule has 0 amide bonds. The van der Waals surface area contributed by atoms with Crippen LogP contribution in [0.2, 0.25) is 0 Å². The molecule has 3 rings (SSSR count). The predicted octanol–water partition coefficient (Wildman–Crippen LogP) is 1.99. The van der Waals surface area contributed by atoms with Gasteiger partial charge in [-0.3, -0.25) is 0 Å². The summed E-state index contributed by atoms with van der Waals surface area (Å²) in [6.45, 7) is 2.87. The lowest BCUT2D eigenvalue weighted by molar-refractivity contribution is 0.110. The number of nitrogens with one attached hydrogen (secondary N) is 1. The number of ether oxygens (including phenoxy) is 1. The zero-order valence-corrected chi connectivity index (χ0v) is 9.36. The molecular formula is C12H15N3O. The lowest BCUT2D eigenvalue weighted by Crippen LogP contribution is -2.09. The van der Waals surface area contributed by atoms with Gasteiger partial charge in [0.25, 0.3) is 0 Å². The molecule has 3 heterocycles. The molecular weight excluding hydrogens is 202 g/mol. The molecule has 1 aliphatic rings. The molecule has 4 nitrogen and oxygen atoms in total. The van der Waals surface area contributed by atoms with Crippen molar-refractivity contribution in [3.63, 3.8) is 0 Å². The summed E-state index contributed by atoms with van der Waals surface area (Å²) in [6.07, 6.45) is 3.52. The zero-order valence-electron chi connectivity index (χ0n) is 9.36. The van der Waals surface area contributed by atoms with Gasteiger partial charge in [0, 0.05) is 18.7 Å². The normalized spacial score (nSPS) is 20.7. The topological polar surface area (TPSA) is 50.8 Å². The fraction of sp³-hybridized carbons (Fsp3) is 0.500. The van der Waals surface area contributed by atoms with E-state index in [1.807, 2.05) is 19.1 Å². The summed E-state index contributed by atoms with van der Waals surface area (Å²) in [5, 5.41) is 0. The smallest absolute Gasteiger partial charge is 0.177 e.